The molecule has 58 valence electrons. The zero-order chi connectivity index (χ0) is 7.03. The van der Waals surface area contributed by atoms with E-state index in [0.29, 0.717) is 5.60 Å². The Morgan fingerprint density at radius 2 is 1.80 bits per heavy atom. The Labute approximate surface area is 62.8 Å². The van der Waals surface area contributed by atoms with E-state index in [2.05, 4.69) is 6.92 Å². The lowest BCUT2D eigenvalue weighted by atomic mass is 9.81. The summed E-state index contributed by atoms with van der Waals surface area (Å²) in [5, 5.41) is 0. The van der Waals surface area contributed by atoms with Gasteiger partial charge < -0.3 is 4.74 Å². The summed E-state index contributed by atoms with van der Waals surface area (Å²) < 4.78 is 5.44. The van der Waals surface area contributed by atoms with Crippen LogP contribution in [-0.4, -0.2) is 12.2 Å². The van der Waals surface area contributed by atoms with Crippen LogP contribution in [0.15, 0.2) is 0 Å². The maximum absolute atomic E-state index is 5.44. The van der Waals surface area contributed by atoms with Crippen molar-refractivity contribution in [2.24, 2.45) is 5.92 Å². The molecule has 0 bridgehead atoms. The summed E-state index contributed by atoms with van der Waals surface area (Å²) in [5.74, 6) is 0.890. The highest BCUT2D eigenvalue weighted by Gasteiger charge is 2.46. The molecule has 0 aromatic heterocycles. The molecule has 1 aliphatic carbocycles. The van der Waals surface area contributed by atoms with Gasteiger partial charge in [0.25, 0.3) is 0 Å². The van der Waals surface area contributed by atoms with Crippen molar-refractivity contribution in [1.29, 1.82) is 0 Å². The second-order valence-electron chi connectivity index (χ2n) is 3.94. The minimum atomic E-state index is 0.320. The molecule has 0 spiro atoms. The zero-order valence-electron chi connectivity index (χ0n) is 6.73. The summed E-state index contributed by atoms with van der Waals surface area (Å²) in [6.45, 7) is 3.29. The third kappa shape index (κ3) is 1.07. The van der Waals surface area contributed by atoms with Gasteiger partial charge in [-0.05, 0) is 25.7 Å². The lowest BCUT2D eigenvalue weighted by molar-refractivity contribution is 0.189. The van der Waals surface area contributed by atoms with Gasteiger partial charge in [-0.3, -0.25) is 0 Å². The number of rotatable bonds is 1. The second-order valence-corrected chi connectivity index (χ2v) is 3.94. The molecule has 1 nitrogen and oxygen atoms in total. The summed E-state index contributed by atoms with van der Waals surface area (Å²) in [6, 6.07) is 0. The van der Waals surface area contributed by atoms with Gasteiger partial charge in [-0.1, -0.05) is 19.3 Å². The normalized spacial score (nSPS) is 41.7. The Kier molecular flexibility index (Phi) is 1.48. The van der Waals surface area contributed by atoms with Crippen molar-refractivity contribution in [2.45, 2.75) is 44.6 Å². The van der Waals surface area contributed by atoms with E-state index in [4.69, 9.17) is 4.74 Å². The fourth-order valence-corrected chi connectivity index (χ4v) is 2.06. The van der Waals surface area contributed by atoms with E-state index in [0.717, 1.165) is 12.5 Å². The molecule has 0 aromatic rings. The Morgan fingerprint density at radius 1 is 1.20 bits per heavy atom. The fourth-order valence-electron chi connectivity index (χ4n) is 2.06. The topological polar surface area (TPSA) is 12.5 Å². The maximum atomic E-state index is 5.44. The average Bonchev–Trinajstić information content (AvgIpc) is 2.72. The van der Waals surface area contributed by atoms with Gasteiger partial charge in [0.05, 0.1) is 12.2 Å². The molecule has 10 heavy (non-hydrogen) atoms. The molecule has 1 saturated heterocycles. The third-order valence-corrected chi connectivity index (χ3v) is 3.07. The molecule has 0 N–H and O–H groups in total. The van der Waals surface area contributed by atoms with Crippen LogP contribution in [0.3, 0.4) is 0 Å². The molecule has 0 radical (unpaired) electrons. The molecule has 0 unspecified atom stereocenters. The fraction of sp³-hybridized carbons (Fsp3) is 1.00. The molecule has 2 rings (SSSR count). The van der Waals surface area contributed by atoms with Crippen LogP contribution in [-0.2, 0) is 4.74 Å². The van der Waals surface area contributed by atoms with Crippen LogP contribution < -0.4 is 0 Å². The van der Waals surface area contributed by atoms with Gasteiger partial charge in [0.1, 0.15) is 0 Å². The molecule has 1 heteroatoms. The van der Waals surface area contributed by atoms with Crippen molar-refractivity contribution in [1.82, 2.24) is 0 Å². The van der Waals surface area contributed by atoms with Crippen LogP contribution in [0.5, 0.6) is 0 Å². The van der Waals surface area contributed by atoms with E-state index < -0.39 is 0 Å². The average molecular weight is 140 g/mol. The smallest absolute Gasteiger partial charge is 0.0916 e. The second kappa shape index (κ2) is 2.23. The van der Waals surface area contributed by atoms with E-state index in [1.54, 1.807) is 0 Å². The van der Waals surface area contributed by atoms with Crippen molar-refractivity contribution in [3.05, 3.63) is 0 Å². The van der Waals surface area contributed by atoms with Gasteiger partial charge in [-0.25, -0.2) is 0 Å². The monoisotopic (exact) mass is 140 g/mol. The van der Waals surface area contributed by atoms with Crippen LogP contribution in [0.4, 0.5) is 0 Å². The van der Waals surface area contributed by atoms with Crippen molar-refractivity contribution >= 4 is 0 Å². The lowest BCUT2D eigenvalue weighted by Crippen LogP contribution is -2.22. The van der Waals surface area contributed by atoms with Gasteiger partial charge in [-0.15, -0.1) is 0 Å². The number of ether oxygens (including phenoxy) is 1. The van der Waals surface area contributed by atoms with Crippen LogP contribution >= 0.6 is 0 Å². The zero-order valence-corrected chi connectivity index (χ0v) is 6.73. The molecule has 1 heterocycles. The quantitative estimate of drug-likeness (QED) is 0.509. The first-order valence-electron chi connectivity index (χ1n) is 4.45. The summed E-state index contributed by atoms with van der Waals surface area (Å²) in [7, 11) is 0. The van der Waals surface area contributed by atoms with Crippen molar-refractivity contribution < 1.29 is 4.74 Å². The Bertz CT molecular complexity index is 121. The van der Waals surface area contributed by atoms with Crippen molar-refractivity contribution in [2.75, 3.05) is 6.61 Å². The molecule has 2 fully saturated rings. The van der Waals surface area contributed by atoms with Crippen LogP contribution in [0.1, 0.15) is 39.0 Å². The van der Waals surface area contributed by atoms with E-state index in [1.807, 2.05) is 0 Å². The predicted octanol–water partition coefficient (Wildman–Crippen LogP) is 2.36. The summed E-state index contributed by atoms with van der Waals surface area (Å²) >= 11 is 0. The highest BCUT2D eigenvalue weighted by Crippen LogP contribution is 2.42. The van der Waals surface area contributed by atoms with Gasteiger partial charge in [0, 0.05) is 0 Å². The van der Waals surface area contributed by atoms with Crippen molar-refractivity contribution in [3.63, 3.8) is 0 Å². The van der Waals surface area contributed by atoms with Gasteiger partial charge in [-0.2, -0.15) is 0 Å². The van der Waals surface area contributed by atoms with Crippen LogP contribution in [0.2, 0.25) is 0 Å². The van der Waals surface area contributed by atoms with Crippen LogP contribution in [0.25, 0.3) is 0 Å². The van der Waals surface area contributed by atoms with Gasteiger partial charge in [0.2, 0.25) is 0 Å². The highest BCUT2D eigenvalue weighted by molar-refractivity contribution is 4.94. The van der Waals surface area contributed by atoms with E-state index in [9.17, 15) is 0 Å². The molecular weight excluding hydrogens is 124 g/mol. The van der Waals surface area contributed by atoms with Gasteiger partial charge >= 0.3 is 0 Å². The Balaban J connectivity index is 1.91. The Morgan fingerprint density at radius 3 is 2.30 bits per heavy atom. The molecular formula is C9H16O. The minimum Gasteiger partial charge on any atom is -0.370 e. The molecule has 1 atom stereocenters. The first-order valence-corrected chi connectivity index (χ1v) is 4.45. The third-order valence-electron chi connectivity index (χ3n) is 3.07. The number of hydrogen-bond acceptors (Lipinski definition) is 1. The number of epoxide rings is 1. The number of hydrogen-bond donors (Lipinski definition) is 0. The van der Waals surface area contributed by atoms with E-state index in [1.165, 1.54) is 32.1 Å². The minimum absolute atomic E-state index is 0.320. The summed E-state index contributed by atoms with van der Waals surface area (Å²) in [6.07, 6.45) is 7.15. The first kappa shape index (κ1) is 6.66. The first-order chi connectivity index (χ1) is 4.81. The van der Waals surface area contributed by atoms with Crippen LogP contribution in [0, 0.1) is 5.92 Å². The molecule has 0 amide bonds. The van der Waals surface area contributed by atoms with Crippen molar-refractivity contribution in [3.8, 4) is 0 Å². The summed E-state index contributed by atoms with van der Waals surface area (Å²) in [4.78, 5) is 0. The highest BCUT2D eigenvalue weighted by atomic mass is 16.6. The predicted molar refractivity (Wildman–Crippen MR) is 40.9 cm³/mol. The van der Waals surface area contributed by atoms with E-state index >= 15 is 0 Å². The SMILES string of the molecule is C[C@@]1(C2CCCCC2)CO1. The maximum Gasteiger partial charge on any atom is 0.0916 e. The molecule has 0 aromatic carbocycles. The molecule has 1 aliphatic heterocycles. The standard InChI is InChI=1S/C9H16O/c1-9(7-10-9)8-5-3-2-4-6-8/h8H,2-7H2,1H3/t9-/m0/s1. The van der Waals surface area contributed by atoms with Gasteiger partial charge in [0.15, 0.2) is 0 Å². The lowest BCUT2D eigenvalue weighted by Gasteiger charge is -2.24. The molecule has 1 saturated carbocycles. The largest absolute Gasteiger partial charge is 0.370 e. The summed E-state index contributed by atoms with van der Waals surface area (Å²) in [5.41, 5.74) is 0.320. The molecule has 2 aliphatic rings. The van der Waals surface area contributed by atoms with E-state index in [-0.39, 0.29) is 0 Å². The Hall–Kier alpha value is -0.0400.